The molecule has 0 aliphatic heterocycles. The molecule has 162 valence electrons. The van der Waals surface area contributed by atoms with Crippen LogP contribution in [0.3, 0.4) is 0 Å². The van der Waals surface area contributed by atoms with Crippen molar-refractivity contribution in [1.82, 2.24) is 19.5 Å². The highest BCUT2D eigenvalue weighted by molar-refractivity contribution is 5.86. The summed E-state index contributed by atoms with van der Waals surface area (Å²) in [5.74, 6) is 1.37. The molecule has 0 bridgehead atoms. The number of aromatic nitrogens is 4. The summed E-state index contributed by atoms with van der Waals surface area (Å²) in [6.07, 6.45) is 2.54. The molecule has 0 spiro atoms. The molecule has 1 atom stereocenters. The zero-order valence-corrected chi connectivity index (χ0v) is 18.0. The number of nitrogens with one attached hydrogen (secondary N) is 2. The summed E-state index contributed by atoms with van der Waals surface area (Å²) in [6.45, 7) is 6.74. The molecule has 8 heteroatoms. The molecule has 2 aromatic carbocycles. The average molecular weight is 421 g/mol. The number of benzene rings is 2. The highest BCUT2D eigenvalue weighted by Gasteiger charge is 2.16. The Balaban J connectivity index is 1.66. The Morgan fingerprint density at radius 1 is 1.06 bits per heavy atom. The van der Waals surface area contributed by atoms with Gasteiger partial charge in [-0.2, -0.15) is 9.97 Å². The van der Waals surface area contributed by atoms with E-state index in [9.17, 15) is 10.2 Å². The molecule has 31 heavy (non-hydrogen) atoms. The van der Waals surface area contributed by atoms with Crippen molar-refractivity contribution in [2.45, 2.75) is 45.8 Å². The number of nitrogens with zero attached hydrogens (tertiary/aromatic N) is 4. The molecule has 0 unspecified atom stereocenters. The smallest absolute Gasteiger partial charge is 0.227 e. The monoisotopic (exact) mass is 420 g/mol. The molecule has 4 N–H and O–H groups in total. The molecular weight excluding hydrogens is 392 g/mol. The zero-order chi connectivity index (χ0) is 22.0. The third-order valence-corrected chi connectivity index (χ3v) is 5.37. The lowest BCUT2D eigenvalue weighted by atomic mass is 10.1. The van der Waals surface area contributed by atoms with Crippen LogP contribution in [0.15, 0.2) is 42.7 Å². The van der Waals surface area contributed by atoms with Crippen LogP contribution in [0.5, 0.6) is 5.75 Å². The maximum absolute atomic E-state index is 9.66. The zero-order valence-electron chi connectivity index (χ0n) is 18.0. The van der Waals surface area contributed by atoms with Crippen molar-refractivity contribution in [3.05, 3.63) is 48.3 Å². The number of aliphatic hydroxyl groups is 1. The largest absolute Gasteiger partial charge is 0.508 e. The van der Waals surface area contributed by atoms with Crippen molar-refractivity contribution >= 4 is 33.7 Å². The molecular formula is C23H28N6O2. The standard InChI is InChI=1S/C23H28N6O2/c1-4-18(12-30)26-23-27-21(20-22(28-23)29(13-25-20)14(2)3)24-11-15-5-6-17-10-19(31)8-7-16(17)9-15/h5-10,13-14,18,30-31H,4,11-12H2,1-3H3,(H2,24,26,27,28)/t18-/m1/s1. The summed E-state index contributed by atoms with van der Waals surface area (Å²) in [4.78, 5) is 13.8. The number of anilines is 2. The average Bonchev–Trinajstić information content (AvgIpc) is 3.20. The van der Waals surface area contributed by atoms with Gasteiger partial charge in [0.25, 0.3) is 0 Å². The number of hydrogen-bond acceptors (Lipinski definition) is 7. The first-order valence-corrected chi connectivity index (χ1v) is 10.6. The second kappa shape index (κ2) is 8.77. The molecule has 4 aromatic rings. The Hall–Kier alpha value is -3.39. The molecule has 0 fully saturated rings. The molecule has 0 saturated heterocycles. The van der Waals surface area contributed by atoms with Crippen LogP contribution in [0.2, 0.25) is 0 Å². The minimum atomic E-state index is -0.113. The number of aliphatic hydroxyl groups excluding tert-OH is 1. The van der Waals surface area contributed by atoms with E-state index < -0.39 is 0 Å². The Kier molecular flexibility index (Phi) is 5.90. The van der Waals surface area contributed by atoms with Crippen molar-refractivity contribution in [1.29, 1.82) is 0 Å². The van der Waals surface area contributed by atoms with E-state index in [0.717, 1.165) is 28.4 Å². The van der Waals surface area contributed by atoms with Crippen LogP contribution in [-0.2, 0) is 6.54 Å². The van der Waals surface area contributed by atoms with Crippen molar-refractivity contribution in [3.63, 3.8) is 0 Å². The van der Waals surface area contributed by atoms with Gasteiger partial charge in [-0.3, -0.25) is 0 Å². The first-order valence-electron chi connectivity index (χ1n) is 10.6. The summed E-state index contributed by atoms with van der Waals surface area (Å²) in [5, 5.41) is 27.9. The van der Waals surface area contributed by atoms with Gasteiger partial charge in [0.15, 0.2) is 17.0 Å². The molecule has 0 aliphatic carbocycles. The molecule has 4 rings (SSSR count). The summed E-state index contributed by atoms with van der Waals surface area (Å²) in [7, 11) is 0. The lowest BCUT2D eigenvalue weighted by molar-refractivity contribution is 0.271. The minimum absolute atomic E-state index is 0.0107. The maximum atomic E-state index is 9.66. The van der Waals surface area contributed by atoms with Crippen LogP contribution in [0.25, 0.3) is 21.9 Å². The van der Waals surface area contributed by atoms with Gasteiger partial charge < -0.3 is 25.4 Å². The minimum Gasteiger partial charge on any atom is -0.508 e. The van der Waals surface area contributed by atoms with E-state index in [1.165, 1.54) is 0 Å². The quantitative estimate of drug-likeness (QED) is 0.340. The molecule has 0 aliphatic rings. The second-order valence-electron chi connectivity index (χ2n) is 7.97. The molecule has 8 nitrogen and oxygen atoms in total. The Morgan fingerprint density at radius 3 is 2.58 bits per heavy atom. The van der Waals surface area contributed by atoms with Gasteiger partial charge >= 0.3 is 0 Å². The summed E-state index contributed by atoms with van der Waals surface area (Å²) in [5.41, 5.74) is 2.54. The fourth-order valence-corrected chi connectivity index (χ4v) is 3.52. The summed E-state index contributed by atoms with van der Waals surface area (Å²) in [6, 6.07) is 11.5. The lowest BCUT2D eigenvalue weighted by Crippen LogP contribution is -2.24. The third kappa shape index (κ3) is 4.39. The van der Waals surface area contributed by atoms with Crippen molar-refractivity contribution in [2.24, 2.45) is 0 Å². The number of hydrogen-bond donors (Lipinski definition) is 4. The maximum Gasteiger partial charge on any atom is 0.227 e. The van der Waals surface area contributed by atoms with E-state index in [1.807, 2.05) is 29.7 Å². The fourth-order valence-electron chi connectivity index (χ4n) is 3.52. The number of fused-ring (bicyclic) bond motifs is 2. The number of phenolic OH excluding ortho intramolecular Hbond substituents is 1. The summed E-state index contributed by atoms with van der Waals surface area (Å²) >= 11 is 0. The Bertz CT molecular complexity index is 1200. The van der Waals surface area contributed by atoms with Crippen LogP contribution >= 0.6 is 0 Å². The van der Waals surface area contributed by atoms with Crippen LogP contribution in [0.4, 0.5) is 11.8 Å². The highest BCUT2D eigenvalue weighted by atomic mass is 16.3. The van der Waals surface area contributed by atoms with Gasteiger partial charge in [-0.15, -0.1) is 0 Å². The van der Waals surface area contributed by atoms with E-state index in [4.69, 9.17) is 0 Å². The van der Waals surface area contributed by atoms with Gasteiger partial charge in [-0.05, 0) is 54.8 Å². The van der Waals surface area contributed by atoms with Gasteiger partial charge in [0.1, 0.15) is 5.75 Å². The highest BCUT2D eigenvalue weighted by Crippen LogP contribution is 2.25. The lowest BCUT2D eigenvalue weighted by Gasteiger charge is -2.16. The van der Waals surface area contributed by atoms with Gasteiger partial charge in [0.2, 0.25) is 5.95 Å². The first-order chi connectivity index (χ1) is 15.0. The van der Waals surface area contributed by atoms with E-state index in [-0.39, 0.29) is 24.4 Å². The van der Waals surface area contributed by atoms with E-state index in [2.05, 4.69) is 45.5 Å². The third-order valence-electron chi connectivity index (χ3n) is 5.37. The van der Waals surface area contributed by atoms with E-state index in [1.54, 1.807) is 18.5 Å². The van der Waals surface area contributed by atoms with Gasteiger partial charge in [-0.25, -0.2) is 4.98 Å². The number of rotatable bonds is 8. The molecule has 0 saturated carbocycles. The number of aromatic hydroxyl groups is 1. The van der Waals surface area contributed by atoms with Crippen molar-refractivity contribution in [3.8, 4) is 5.75 Å². The van der Waals surface area contributed by atoms with E-state index >= 15 is 0 Å². The predicted octanol–water partition coefficient (Wildman–Crippen LogP) is 4.06. The fraction of sp³-hybridized carbons (Fsp3) is 0.348. The Morgan fingerprint density at radius 2 is 1.84 bits per heavy atom. The second-order valence-corrected chi connectivity index (χ2v) is 7.97. The Labute approximate surface area is 181 Å². The summed E-state index contributed by atoms with van der Waals surface area (Å²) < 4.78 is 2.01. The topological polar surface area (TPSA) is 108 Å². The van der Waals surface area contributed by atoms with Gasteiger partial charge in [0.05, 0.1) is 19.0 Å². The van der Waals surface area contributed by atoms with Crippen LogP contribution in [0, 0.1) is 0 Å². The van der Waals surface area contributed by atoms with Gasteiger partial charge in [0, 0.05) is 12.6 Å². The SMILES string of the molecule is CC[C@H](CO)Nc1nc(NCc2ccc3cc(O)ccc3c2)c2ncn(C(C)C)c2n1. The van der Waals surface area contributed by atoms with Crippen molar-refractivity contribution in [2.75, 3.05) is 17.2 Å². The number of phenols is 1. The van der Waals surface area contributed by atoms with Crippen molar-refractivity contribution < 1.29 is 10.2 Å². The van der Waals surface area contributed by atoms with Crippen LogP contribution in [-0.4, -0.2) is 42.4 Å². The predicted molar refractivity (Wildman–Crippen MR) is 123 cm³/mol. The molecule has 0 radical (unpaired) electrons. The molecule has 2 heterocycles. The van der Waals surface area contributed by atoms with Gasteiger partial charge in [-0.1, -0.05) is 25.1 Å². The molecule has 0 amide bonds. The van der Waals surface area contributed by atoms with E-state index in [0.29, 0.717) is 23.8 Å². The molecule has 2 aromatic heterocycles. The van der Waals surface area contributed by atoms with Crippen LogP contribution in [0.1, 0.15) is 38.8 Å². The normalized spacial score (nSPS) is 12.5. The first kappa shape index (κ1) is 20.9. The number of imidazole rings is 1. The van der Waals surface area contributed by atoms with Crippen LogP contribution < -0.4 is 10.6 Å².